The van der Waals surface area contributed by atoms with Gasteiger partial charge in [0.2, 0.25) is 0 Å². The molecule has 3 aliphatic carbocycles. The van der Waals surface area contributed by atoms with Gasteiger partial charge in [0, 0.05) is 12.1 Å². The van der Waals surface area contributed by atoms with Crippen LogP contribution in [0.5, 0.6) is 0 Å². The smallest absolute Gasteiger partial charge is 0.137 e. The highest BCUT2D eigenvalue weighted by molar-refractivity contribution is 5.05. The molecule has 1 aromatic rings. The predicted octanol–water partition coefficient (Wildman–Crippen LogP) is 2.08. The first kappa shape index (κ1) is 11.9. The number of rotatable bonds is 4. The van der Waals surface area contributed by atoms with Crippen molar-refractivity contribution in [3.05, 3.63) is 12.7 Å². The molecule has 0 radical (unpaired) electrons. The van der Waals surface area contributed by atoms with Gasteiger partial charge in [0.05, 0.1) is 6.54 Å². The fourth-order valence-corrected chi connectivity index (χ4v) is 5.29. The van der Waals surface area contributed by atoms with E-state index < -0.39 is 0 Å². The van der Waals surface area contributed by atoms with Crippen molar-refractivity contribution in [2.45, 2.75) is 57.7 Å². The molecule has 3 aliphatic rings. The van der Waals surface area contributed by atoms with E-state index in [1.807, 2.05) is 11.0 Å². The Kier molecular flexibility index (Phi) is 2.87. The van der Waals surface area contributed by atoms with Gasteiger partial charge in [0.1, 0.15) is 12.7 Å². The average Bonchev–Trinajstić information content (AvgIpc) is 3.10. The maximum Gasteiger partial charge on any atom is 0.137 e. The lowest BCUT2D eigenvalue weighted by Crippen LogP contribution is -2.45. The van der Waals surface area contributed by atoms with Gasteiger partial charge in [-0.3, -0.25) is 4.68 Å². The van der Waals surface area contributed by atoms with Crippen molar-refractivity contribution in [2.75, 3.05) is 0 Å². The Hall–Kier alpha value is -0.900. The Morgan fingerprint density at radius 2 is 2.16 bits per heavy atom. The summed E-state index contributed by atoms with van der Waals surface area (Å²) in [7, 11) is 0. The molecule has 2 bridgehead atoms. The summed E-state index contributed by atoms with van der Waals surface area (Å²) in [5, 5.41) is 8.07. The van der Waals surface area contributed by atoms with Crippen molar-refractivity contribution >= 4 is 0 Å². The summed E-state index contributed by atoms with van der Waals surface area (Å²) in [5.74, 6) is 4.15. The minimum atomic E-state index is 0.492. The maximum atomic E-state index is 4.20. The second-order valence-electron chi connectivity index (χ2n) is 6.95. The molecule has 3 fully saturated rings. The van der Waals surface area contributed by atoms with E-state index in [-0.39, 0.29) is 0 Å². The summed E-state index contributed by atoms with van der Waals surface area (Å²) in [6.07, 6.45) is 10.9. The van der Waals surface area contributed by atoms with Crippen LogP contribution in [-0.2, 0) is 6.54 Å². The third-order valence-corrected chi connectivity index (χ3v) is 5.85. The fourth-order valence-electron chi connectivity index (χ4n) is 5.29. The summed E-state index contributed by atoms with van der Waals surface area (Å²) in [6.45, 7) is 3.21. The normalized spacial score (nSPS) is 41.6. The topological polar surface area (TPSA) is 42.7 Å². The quantitative estimate of drug-likeness (QED) is 0.901. The van der Waals surface area contributed by atoms with Crippen LogP contribution in [-0.4, -0.2) is 26.8 Å². The molecule has 0 amide bonds. The highest BCUT2D eigenvalue weighted by Crippen LogP contribution is 2.58. The molecule has 3 saturated carbocycles. The molecule has 104 valence electrons. The van der Waals surface area contributed by atoms with Gasteiger partial charge in [-0.15, -0.1) is 0 Å². The first-order valence-electron chi connectivity index (χ1n) is 7.89. The molecule has 1 aromatic heterocycles. The lowest BCUT2D eigenvalue weighted by atomic mass is 9.79. The Labute approximate surface area is 115 Å². The first-order chi connectivity index (χ1) is 9.31. The minimum absolute atomic E-state index is 0.492. The molecule has 6 atom stereocenters. The molecule has 4 heteroatoms. The molecule has 1 heterocycles. The molecule has 1 N–H and O–H groups in total. The maximum absolute atomic E-state index is 4.20. The Morgan fingerprint density at radius 3 is 3.00 bits per heavy atom. The molecule has 0 unspecified atom stereocenters. The van der Waals surface area contributed by atoms with Gasteiger partial charge >= 0.3 is 0 Å². The lowest BCUT2D eigenvalue weighted by Gasteiger charge is -2.34. The van der Waals surface area contributed by atoms with Crippen LogP contribution < -0.4 is 5.32 Å². The zero-order valence-corrected chi connectivity index (χ0v) is 11.7. The van der Waals surface area contributed by atoms with E-state index >= 15 is 0 Å². The average molecular weight is 260 g/mol. The van der Waals surface area contributed by atoms with Gasteiger partial charge in [-0.1, -0.05) is 6.42 Å². The first-order valence-corrected chi connectivity index (χ1v) is 7.89. The van der Waals surface area contributed by atoms with E-state index in [4.69, 9.17) is 0 Å². The third-order valence-electron chi connectivity index (χ3n) is 5.85. The number of fused-ring (bicyclic) bond motifs is 5. The van der Waals surface area contributed by atoms with Crippen molar-refractivity contribution in [3.63, 3.8) is 0 Å². The molecule has 4 nitrogen and oxygen atoms in total. The van der Waals surface area contributed by atoms with Crippen LogP contribution in [0.25, 0.3) is 0 Å². The molecule has 0 saturated heterocycles. The van der Waals surface area contributed by atoms with Crippen LogP contribution in [0.1, 0.15) is 39.0 Å². The van der Waals surface area contributed by atoms with E-state index in [0.29, 0.717) is 6.04 Å². The van der Waals surface area contributed by atoms with Crippen molar-refractivity contribution in [1.82, 2.24) is 20.1 Å². The van der Waals surface area contributed by atoms with Crippen LogP contribution in [0.3, 0.4) is 0 Å². The summed E-state index contributed by atoms with van der Waals surface area (Å²) >= 11 is 0. The van der Waals surface area contributed by atoms with Crippen LogP contribution in [0, 0.1) is 23.7 Å². The van der Waals surface area contributed by atoms with Crippen LogP contribution >= 0.6 is 0 Å². The SMILES string of the molecule is C[C@H](Cn1cncn1)N[C@@H]1C[C@H]2C[C@H]1[C@@H]1CCC[C@@H]21. The monoisotopic (exact) mass is 260 g/mol. The summed E-state index contributed by atoms with van der Waals surface area (Å²) in [5.41, 5.74) is 0. The third kappa shape index (κ3) is 2.00. The molecule has 0 aromatic carbocycles. The van der Waals surface area contributed by atoms with Gasteiger partial charge < -0.3 is 5.32 Å². The van der Waals surface area contributed by atoms with Gasteiger partial charge in [0.15, 0.2) is 0 Å². The van der Waals surface area contributed by atoms with Crippen molar-refractivity contribution in [1.29, 1.82) is 0 Å². The van der Waals surface area contributed by atoms with Crippen LogP contribution in [0.4, 0.5) is 0 Å². The van der Waals surface area contributed by atoms with E-state index in [0.717, 1.165) is 36.3 Å². The fraction of sp³-hybridized carbons (Fsp3) is 0.867. The van der Waals surface area contributed by atoms with Gasteiger partial charge in [-0.25, -0.2) is 4.98 Å². The largest absolute Gasteiger partial charge is 0.309 e. The van der Waals surface area contributed by atoms with E-state index in [1.165, 1.54) is 32.1 Å². The van der Waals surface area contributed by atoms with Crippen LogP contribution in [0.15, 0.2) is 12.7 Å². The number of hydrogen-bond acceptors (Lipinski definition) is 3. The van der Waals surface area contributed by atoms with E-state index in [1.54, 1.807) is 6.33 Å². The molecule has 19 heavy (non-hydrogen) atoms. The number of nitrogens with one attached hydrogen (secondary N) is 1. The Bertz CT molecular complexity index is 429. The summed E-state index contributed by atoms with van der Waals surface area (Å²) in [6, 6.07) is 1.26. The summed E-state index contributed by atoms with van der Waals surface area (Å²) in [4.78, 5) is 4.01. The van der Waals surface area contributed by atoms with Gasteiger partial charge in [-0.2, -0.15) is 5.10 Å². The van der Waals surface area contributed by atoms with Crippen molar-refractivity contribution in [3.8, 4) is 0 Å². The standard InChI is InChI=1S/C15H24N4/c1-10(7-19-9-16-8-17-19)18-15-6-11-5-14(15)13-4-2-3-12(11)13/h8-15,18H,2-7H2,1H3/t10-,11-,12+,13-,14+,15-/m1/s1. The Balaban J connectivity index is 1.37. The predicted molar refractivity (Wildman–Crippen MR) is 73.5 cm³/mol. The zero-order valence-electron chi connectivity index (χ0n) is 11.7. The second kappa shape index (κ2) is 4.58. The van der Waals surface area contributed by atoms with E-state index in [9.17, 15) is 0 Å². The molecule has 4 rings (SSSR count). The number of hydrogen-bond donors (Lipinski definition) is 1. The molecule has 0 aliphatic heterocycles. The Morgan fingerprint density at radius 1 is 1.26 bits per heavy atom. The van der Waals surface area contributed by atoms with E-state index in [2.05, 4.69) is 22.3 Å². The summed E-state index contributed by atoms with van der Waals surface area (Å²) < 4.78 is 1.93. The highest BCUT2D eigenvalue weighted by atomic mass is 15.3. The molecule has 0 spiro atoms. The van der Waals surface area contributed by atoms with Crippen molar-refractivity contribution < 1.29 is 0 Å². The zero-order chi connectivity index (χ0) is 12.8. The van der Waals surface area contributed by atoms with Crippen molar-refractivity contribution in [2.24, 2.45) is 23.7 Å². The highest BCUT2D eigenvalue weighted by Gasteiger charge is 2.53. The molecular formula is C15H24N4. The number of aromatic nitrogens is 3. The molecular weight excluding hydrogens is 236 g/mol. The number of nitrogens with zero attached hydrogens (tertiary/aromatic N) is 3. The van der Waals surface area contributed by atoms with Gasteiger partial charge in [-0.05, 0) is 56.3 Å². The lowest BCUT2D eigenvalue weighted by molar-refractivity contribution is 0.195. The minimum Gasteiger partial charge on any atom is -0.309 e. The van der Waals surface area contributed by atoms with Gasteiger partial charge in [0.25, 0.3) is 0 Å². The second-order valence-corrected chi connectivity index (χ2v) is 6.95. The van der Waals surface area contributed by atoms with Crippen LogP contribution in [0.2, 0.25) is 0 Å².